The monoisotopic (exact) mass is 316 g/mol. The van der Waals surface area contributed by atoms with E-state index in [9.17, 15) is 20.6 Å². The number of aliphatic hydroxyl groups is 2. The number of hydrogen-bond acceptors (Lipinski definition) is 9. The van der Waals surface area contributed by atoms with Crippen LogP contribution >= 0.6 is 0 Å². The first-order chi connectivity index (χ1) is 11.0. The van der Waals surface area contributed by atoms with Crippen molar-refractivity contribution >= 4 is 17.1 Å². The number of nitrogen functional groups attached to an aromatic ring is 1. The van der Waals surface area contributed by atoms with E-state index in [1.165, 1.54) is 10.9 Å². The van der Waals surface area contributed by atoms with Crippen LogP contribution in [0.3, 0.4) is 0 Å². The van der Waals surface area contributed by atoms with Gasteiger partial charge in [0.25, 0.3) is 0 Å². The van der Waals surface area contributed by atoms with Crippen LogP contribution in [-0.4, -0.2) is 53.2 Å². The van der Waals surface area contributed by atoms with E-state index in [-0.39, 0.29) is 17.1 Å². The van der Waals surface area contributed by atoms with E-state index in [0.717, 1.165) is 0 Å². The average molecular weight is 316 g/mol. The highest BCUT2D eigenvalue weighted by Crippen LogP contribution is 2.42. The Balaban J connectivity index is 2.16. The van der Waals surface area contributed by atoms with E-state index in [1.54, 1.807) is 0 Å². The zero-order valence-corrected chi connectivity index (χ0v) is 11.7. The van der Waals surface area contributed by atoms with Crippen molar-refractivity contribution in [3.05, 3.63) is 6.33 Å². The highest BCUT2D eigenvalue weighted by atomic mass is 16.6. The summed E-state index contributed by atoms with van der Waals surface area (Å²) in [6, 6.07) is 1.90. The van der Waals surface area contributed by atoms with Gasteiger partial charge in [0.05, 0.1) is 19.0 Å². The summed E-state index contributed by atoms with van der Waals surface area (Å²) in [5, 5.41) is 38.8. The first-order valence-corrected chi connectivity index (χ1v) is 6.50. The molecular weight excluding hydrogens is 304 g/mol. The number of aromatic nitrogens is 4. The van der Waals surface area contributed by atoms with E-state index < -0.39 is 36.3 Å². The predicted molar refractivity (Wildman–Crippen MR) is 75.3 cm³/mol. The lowest BCUT2D eigenvalue weighted by atomic mass is 9.91. The third-order valence-electron chi connectivity index (χ3n) is 3.78. The average Bonchev–Trinajstić information content (AvgIpc) is 3.06. The fourth-order valence-corrected chi connectivity index (χ4v) is 2.57. The molecule has 2 aromatic heterocycles. The Labute approximate surface area is 129 Å². The van der Waals surface area contributed by atoms with Gasteiger partial charge in [-0.1, -0.05) is 5.92 Å². The fraction of sp³-hybridized carbons (Fsp3) is 0.385. The van der Waals surface area contributed by atoms with Crippen molar-refractivity contribution in [3.8, 4) is 24.3 Å². The van der Waals surface area contributed by atoms with Gasteiger partial charge in [0.2, 0.25) is 11.8 Å². The van der Waals surface area contributed by atoms with Gasteiger partial charge in [-0.05, 0) is 0 Å². The second-order valence-electron chi connectivity index (χ2n) is 5.03. The predicted octanol–water partition coefficient (Wildman–Crippen LogP) is -1.49. The topological polar surface area (TPSA) is 163 Å². The summed E-state index contributed by atoms with van der Waals surface area (Å²) >= 11 is 0. The molecule has 5 N–H and O–H groups in total. The summed E-state index contributed by atoms with van der Waals surface area (Å²) in [6.45, 7) is -0.672. The smallest absolute Gasteiger partial charge is 0.244 e. The van der Waals surface area contributed by atoms with Crippen molar-refractivity contribution in [2.75, 3.05) is 12.3 Å². The number of fused-ring (bicyclic) bond motifs is 1. The normalized spacial score (nSPS) is 30.2. The van der Waals surface area contributed by atoms with Crippen molar-refractivity contribution in [3.63, 3.8) is 0 Å². The number of hydrogen-bond donors (Lipinski definition) is 4. The molecule has 10 heteroatoms. The lowest BCUT2D eigenvalue weighted by molar-refractivity contribution is -0.0894. The molecule has 4 atom stereocenters. The van der Waals surface area contributed by atoms with E-state index >= 15 is 0 Å². The van der Waals surface area contributed by atoms with Crippen LogP contribution in [0.1, 0.15) is 6.23 Å². The lowest BCUT2D eigenvalue weighted by Gasteiger charge is -2.23. The number of terminal acetylenes is 1. The quantitative estimate of drug-likeness (QED) is 0.483. The minimum Gasteiger partial charge on any atom is -0.492 e. The van der Waals surface area contributed by atoms with Gasteiger partial charge < -0.3 is 25.8 Å². The van der Waals surface area contributed by atoms with E-state index in [1.807, 2.05) is 6.07 Å². The molecule has 0 aromatic carbocycles. The summed E-state index contributed by atoms with van der Waals surface area (Å²) in [6.07, 6.45) is 4.11. The fourth-order valence-electron chi connectivity index (χ4n) is 2.57. The number of imidazole rings is 1. The molecule has 0 spiro atoms. The Morgan fingerprint density at radius 1 is 1.52 bits per heavy atom. The van der Waals surface area contributed by atoms with Gasteiger partial charge >= 0.3 is 0 Å². The minimum atomic E-state index is -1.72. The van der Waals surface area contributed by atoms with Crippen LogP contribution in [-0.2, 0) is 4.74 Å². The van der Waals surface area contributed by atoms with Crippen molar-refractivity contribution in [2.24, 2.45) is 5.92 Å². The maximum atomic E-state index is 10.3. The van der Waals surface area contributed by atoms with Crippen LogP contribution in [0, 0.1) is 29.6 Å². The van der Waals surface area contributed by atoms with Crippen LogP contribution in [0.25, 0.3) is 11.2 Å². The Morgan fingerprint density at radius 3 is 2.87 bits per heavy atom. The van der Waals surface area contributed by atoms with Gasteiger partial charge in [0.15, 0.2) is 23.0 Å². The molecule has 2 aromatic rings. The second-order valence-corrected chi connectivity index (χ2v) is 5.03. The molecule has 10 nitrogen and oxygen atoms in total. The zero-order chi connectivity index (χ0) is 16.8. The molecule has 1 aliphatic heterocycles. The van der Waals surface area contributed by atoms with Gasteiger partial charge in [-0.2, -0.15) is 15.2 Å². The number of aliphatic hydroxyl groups excluding tert-OH is 2. The maximum Gasteiger partial charge on any atom is 0.244 e. The molecule has 3 rings (SSSR count). The highest BCUT2D eigenvalue weighted by molar-refractivity contribution is 5.77. The molecule has 0 saturated carbocycles. The Bertz CT molecular complexity index is 852. The molecule has 0 radical (unpaired) electrons. The van der Waals surface area contributed by atoms with E-state index in [4.69, 9.17) is 16.9 Å². The maximum absolute atomic E-state index is 10.3. The lowest BCUT2D eigenvalue weighted by Crippen LogP contribution is -2.43. The Kier molecular flexibility index (Phi) is 3.30. The molecule has 118 valence electrons. The first kappa shape index (κ1) is 15.0. The number of nitrogens with two attached hydrogens (primary N) is 1. The molecule has 0 aliphatic carbocycles. The number of nitriles is 1. The molecule has 0 bridgehead atoms. The molecule has 23 heavy (non-hydrogen) atoms. The van der Waals surface area contributed by atoms with Gasteiger partial charge in [-0.25, -0.2) is 4.98 Å². The summed E-state index contributed by atoms with van der Waals surface area (Å²) in [5.41, 5.74) is 3.94. The third kappa shape index (κ3) is 1.98. The van der Waals surface area contributed by atoms with E-state index in [0.29, 0.717) is 0 Å². The Hall–Kier alpha value is -2.92. The molecule has 1 unspecified atom stereocenters. The first-order valence-electron chi connectivity index (χ1n) is 6.50. The molecule has 0 amide bonds. The molecular formula is C13H12N6O4. The van der Waals surface area contributed by atoms with Crippen LogP contribution < -0.4 is 5.73 Å². The molecule has 1 saturated heterocycles. The summed E-state index contributed by atoms with van der Waals surface area (Å²) in [4.78, 5) is 11.5. The van der Waals surface area contributed by atoms with Crippen LogP contribution in [0.2, 0.25) is 0 Å². The summed E-state index contributed by atoms with van der Waals surface area (Å²) in [7, 11) is 0. The Morgan fingerprint density at radius 2 is 2.26 bits per heavy atom. The van der Waals surface area contributed by atoms with E-state index in [2.05, 4.69) is 20.9 Å². The standard InChI is InChI=1S/C13H12N6O4/c1-2-13(4-20)8(21)6(3-14)11(23-13)19-5-16-7-9(19)17-12(15)18-10(7)22/h1,5-6,8,11,20-21H,4H2,(H3,15,17,18,22)/t6?,8-,11+,13+/m0/s1. The van der Waals surface area contributed by atoms with Crippen LogP contribution in [0.15, 0.2) is 6.33 Å². The largest absolute Gasteiger partial charge is 0.492 e. The molecule has 1 aliphatic rings. The summed E-state index contributed by atoms with van der Waals surface area (Å²) < 4.78 is 6.88. The number of nitrogens with zero attached hydrogens (tertiary/aromatic N) is 5. The minimum absolute atomic E-state index is 0.0520. The van der Waals surface area contributed by atoms with Gasteiger partial charge in [-0.3, -0.25) is 4.57 Å². The zero-order valence-electron chi connectivity index (χ0n) is 11.7. The van der Waals surface area contributed by atoms with Crippen molar-refractivity contribution < 1.29 is 20.1 Å². The number of ether oxygens (including phenoxy) is 1. The number of rotatable bonds is 2. The van der Waals surface area contributed by atoms with Crippen molar-refractivity contribution in [1.82, 2.24) is 19.5 Å². The summed E-state index contributed by atoms with van der Waals surface area (Å²) in [5.74, 6) is 0.474. The number of aromatic hydroxyl groups is 1. The van der Waals surface area contributed by atoms with Gasteiger partial charge in [0.1, 0.15) is 12.0 Å². The van der Waals surface area contributed by atoms with Gasteiger partial charge in [-0.15, -0.1) is 6.42 Å². The highest BCUT2D eigenvalue weighted by Gasteiger charge is 2.55. The molecule has 3 heterocycles. The third-order valence-corrected chi connectivity index (χ3v) is 3.78. The SMILES string of the molecule is C#C[C@]1(CO)O[C@@H](n2cnc3c(O)nc(N)nc32)C(C#N)[C@@H]1O. The van der Waals surface area contributed by atoms with Crippen molar-refractivity contribution in [1.29, 1.82) is 5.26 Å². The van der Waals surface area contributed by atoms with Crippen LogP contribution in [0.4, 0.5) is 5.95 Å². The van der Waals surface area contributed by atoms with Crippen molar-refractivity contribution in [2.45, 2.75) is 17.9 Å². The van der Waals surface area contributed by atoms with Gasteiger partial charge in [0, 0.05) is 0 Å². The van der Waals surface area contributed by atoms with Crippen LogP contribution in [0.5, 0.6) is 5.88 Å². The number of anilines is 1. The second kappa shape index (κ2) is 5.07. The molecule has 1 fully saturated rings.